The summed E-state index contributed by atoms with van der Waals surface area (Å²) in [7, 11) is 2.12. The van der Waals surface area contributed by atoms with Gasteiger partial charge in [-0.3, -0.25) is 9.69 Å². The minimum absolute atomic E-state index is 0.0868. The third kappa shape index (κ3) is 4.78. The van der Waals surface area contributed by atoms with Crippen molar-refractivity contribution in [1.29, 1.82) is 0 Å². The molecule has 0 aromatic heterocycles. The summed E-state index contributed by atoms with van der Waals surface area (Å²) in [6, 6.07) is 6.74. The summed E-state index contributed by atoms with van der Waals surface area (Å²) in [5, 5.41) is 3.02. The fourth-order valence-corrected chi connectivity index (χ4v) is 2.80. The van der Waals surface area contributed by atoms with E-state index >= 15 is 0 Å². The molecule has 0 radical (unpaired) electrons. The highest BCUT2D eigenvalue weighted by Crippen LogP contribution is 2.22. The molecule has 0 bridgehead atoms. The van der Waals surface area contributed by atoms with Crippen molar-refractivity contribution in [3.8, 4) is 0 Å². The van der Waals surface area contributed by atoms with Crippen LogP contribution in [0.15, 0.2) is 24.3 Å². The standard InChI is InChI=1S/C17H26FN3O/c1-3-4-17(22)19-13-16(14-5-7-15(18)8-6-14)21-11-9-20(2)10-12-21/h5-8,16H,3-4,9-13H2,1-2H3,(H,19,22). The van der Waals surface area contributed by atoms with Crippen LogP contribution in [0, 0.1) is 5.82 Å². The molecule has 1 aliphatic heterocycles. The van der Waals surface area contributed by atoms with E-state index in [1.54, 1.807) is 0 Å². The molecule has 22 heavy (non-hydrogen) atoms. The Morgan fingerprint density at radius 3 is 2.45 bits per heavy atom. The molecule has 4 nitrogen and oxygen atoms in total. The van der Waals surface area contributed by atoms with Crippen molar-refractivity contribution in [2.75, 3.05) is 39.8 Å². The van der Waals surface area contributed by atoms with E-state index in [-0.39, 0.29) is 17.8 Å². The number of carbonyl (C=O) groups is 1. The molecular formula is C17H26FN3O. The maximum Gasteiger partial charge on any atom is 0.220 e. The van der Waals surface area contributed by atoms with E-state index in [1.165, 1.54) is 12.1 Å². The molecular weight excluding hydrogens is 281 g/mol. The minimum atomic E-state index is -0.226. The number of rotatable bonds is 6. The normalized spacial score (nSPS) is 18.1. The van der Waals surface area contributed by atoms with E-state index in [9.17, 15) is 9.18 Å². The second-order valence-electron chi connectivity index (χ2n) is 5.96. The van der Waals surface area contributed by atoms with Gasteiger partial charge in [0.05, 0.1) is 6.04 Å². The quantitative estimate of drug-likeness (QED) is 0.873. The lowest BCUT2D eigenvalue weighted by Gasteiger charge is -2.38. The SMILES string of the molecule is CCCC(=O)NCC(c1ccc(F)cc1)N1CCN(C)CC1. The molecule has 1 aliphatic rings. The summed E-state index contributed by atoms with van der Waals surface area (Å²) in [5.41, 5.74) is 1.06. The van der Waals surface area contributed by atoms with E-state index < -0.39 is 0 Å². The zero-order valence-corrected chi connectivity index (χ0v) is 13.5. The molecule has 1 N–H and O–H groups in total. The molecule has 1 aromatic carbocycles. The number of hydrogen-bond donors (Lipinski definition) is 1. The highest BCUT2D eigenvalue weighted by atomic mass is 19.1. The first kappa shape index (κ1) is 16.9. The average Bonchev–Trinajstić information content (AvgIpc) is 2.51. The number of halogens is 1. The van der Waals surface area contributed by atoms with E-state index in [1.807, 2.05) is 19.1 Å². The first-order valence-corrected chi connectivity index (χ1v) is 8.05. The van der Waals surface area contributed by atoms with Crippen LogP contribution >= 0.6 is 0 Å². The van der Waals surface area contributed by atoms with Gasteiger partial charge in [0, 0.05) is 39.1 Å². The maximum absolute atomic E-state index is 13.2. The summed E-state index contributed by atoms with van der Waals surface area (Å²) in [6.07, 6.45) is 1.40. The predicted molar refractivity (Wildman–Crippen MR) is 86.1 cm³/mol. The third-order valence-electron chi connectivity index (χ3n) is 4.20. The minimum Gasteiger partial charge on any atom is -0.354 e. The summed E-state index contributed by atoms with van der Waals surface area (Å²) in [6.45, 7) is 6.53. The molecule has 1 amide bonds. The van der Waals surface area contributed by atoms with Crippen LogP contribution in [-0.2, 0) is 4.79 Å². The maximum atomic E-state index is 13.2. The van der Waals surface area contributed by atoms with Crippen molar-refractivity contribution in [3.05, 3.63) is 35.6 Å². The first-order chi connectivity index (χ1) is 10.6. The largest absolute Gasteiger partial charge is 0.354 e. The molecule has 1 atom stereocenters. The molecule has 1 saturated heterocycles. The Bertz CT molecular complexity index is 469. The zero-order chi connectivity index (χ0) is 15.9. The zero-order valence-electron chi connectivity index (χ0n) is 13.5. The molecule has 0 aliphatic carbocycles. The Labute approximate surface area is 132 Å². The predicted octanol–water partition coefficient (Wildman–Crippen LogP) is 2.03. The second-order valence-corrected chi connectivity index (χ2v) is 5.96. The Morgan fingerprint density at radius 2 is 1.86 bits per heavy atom. The van der Waals surface area contributed by atoms with Crippen LogP contribution in [0.3, 0.4) is 0 Å². The van der Waals surface area contributed by atoms with Gasteiger partial charge in [-0.2, -0.15) is 0 Å². The van der Waals surface area contributed by atoms with Gasteiger partial charge in [0.25, 0.3) is 0 Å². The third-order valence-corrected chi connectivity index (χ3v) is 4.20. The van der Waals surface area contributed by atoms with Crippen LogP contribution in [0.1, 0.15) is 31.4 Å². The molecule has 1 unspecified atom stereocenters. The highest BCUT2D eigenvalue weighted by molar-refractivity contribution is 5.75. The van der Waals surface area contributed by atoms with Crippen LogP contribution in [0.2, 0.25) is 0 Å². The molecule has 5 heteroatoms. The lowest BCUT2D eigenvalue weighted by Crippen LogP contribution is -2.48. The van der Waals surface area contributed by atoms with E-state index in [4.69, 9.17) is 0 Å². The second kappa shape index (κ2) is 8.25. The monoisotopic (exact) mass is 307 g/mol. The Morgan fingerprint density at radius 1 is 1.23 bits per heavy atom. The number of nitrogens with one attached hydrogen (secondary N) is 1. The summed E-state index contributed by atoms with van der Waals surface area (Å²) < 4.78 is 13.2. The van der Waals surface area contributed by atoms with Crippen LogP contribution in [-0.4, -0.2) is 55.5 Å². The number of hydrogen-bond acceptors (Lipinski definition) is 3. The molecule has 122 valence electrons. The lowest BCUT2D eigenvalue weighted by atomic mass is 10.0. The molecule has 0 saturated carbocycles. The van der Waals surface area contributed by atoms with Crippen LogP contribution < -0.4 is 5.32 Å². The number of amides is 1. The topological polar surface area (TPSA) is 35.6 Å². The highest BCUT2D eigenvalue weighted by Gasteiger charge is 2.24. The van der Waals surface area contributed by atoms with Gasteiger partial charge in [0.1, 0.15) is 5.82 Å². The van der Waals surface area contributed by atoms with E-state index in [0.717, 1.165) is 38.2 Å². The van der Waals surface area contributed by atoms with Gasteiger partial charge in [-0.25, -0.2) is 4.39 Å². The van der Waals surface area contributed by atoms with E-state index in [2.05, 4.69) is 22.2 Å². The van der Waals surface area contributed by atoms with Crippen molar-refractivity contribution >= 4 is 5.91 Å². The smallest absolute Gasteiger partial charge is 0.220 e. The number of piperazine rings is 1. The summed E-state index contributed by atoms with van der Waals surface area (Å²) in [5.74, 6) is -0.139. The summed E-state index contributed by atoms with van der Waals surface area (Å²) >= 11 is 0. The summed E-state index contributed by atoms with van der Waals surface area (Å²) in [4.78, 5) is 16.4. The van der Waals surface area contributed by atoms with Gasteiger partial charge in [-0.15, -0.1) is 0 Å². The number of benzene rings is 1. The van der Waals surface area contributed by atoms with Crippen LogP contribution in [0.4, 0.5) is 4.39 Å². The molecule has 0 spiro atoms. The van der Waals surface area contributed by atoms with Gasteiger partial charge in [-0.05, 0) is 31.2 Å². The van der Waals surface area contributed by atoms with Crippen LogP contribution in [0.5, 0.6) is 0 Å². The van der Waals surface area contributed by atoms with Crippen molar-refractivity contribution in [3.63, 3.8) is 0 Å². The Hall–Kier alpha value is -1.46. The number of carbonyl (C=O) groups excluding carboxylic acids is 1. The van der Waals surface area contributed by atoms with Crippen LogP contribution in [0.25, 0.3) is 0 Å². The van der Waals surface area contributed by atoms with Crippen molar-refractivity contribution in [2.45, 2.75) is 25.8 Å². The average molecular weight is 307 g/mol. The molecule has 2 rings (SSSR count). The van der Waals surface area contributed by atoms with Crippen molar-refractivity contribution in [2.24, 2.45) is 0 Å². The van der Waals surface area contributed by atoms with Gasteiger partial charge in [0.2, 0.25) is 5.91 Å². The van der Waals surface area contributed by atoms with Gasteiger partial charge in [-0.1, -0.05) is 19.1 Å². The van der Waals surface area contributed by atoms with Crippen molar-refractivity contribution in [1.82, 2.24) is 15.1 Å². The molecule has 1 fully saturated rings. The Balaban J connectivity index is 2.06. The Kier molecular flexibility index (Phi) is 6.34. The fourth-order valence-electron chi connectivity index (χ4n) is 2.80. The van der Waals surface area contributed by atoms with Gasteiger partial charge in [0.15, 0.2) is 0 Å². The fraction of sp³-hybridized carbons (Fsp3) is 0.588. The molecule has 1 heterocycles. The van der Waals surface area contributed by atoms with E-state index in [0.29, 0.717) is 13.0 Å². The van der Waals surface area contributed by atoms with Gasteiger partial charge < -0.3 is 10.2 Å². The van der Waals surface area contributed by atoms with Gasteiger partial charge >= 0.3 is 0 Å². The molecule has 1 aromatic rings. The first-order valence-electron chi connectivity index (χ1n) is 8.05. The lowest BCUT2D eigenvalue weighted by molar-refractivity contribution is -0.121. The number of nitrogens with zero attached hydrogens (tertiary/aromatic N) is 2. The van der Waals surface area contributed by atoms with Crippen molar-refractivity contribution < 1.29 is 9.18 Å². The number of likely N-dealkylation sites (N-methyl/N-ethyl adjacent to an activating group) is 1.